The van der Waals surface area contributed by atoms with Crippen molar-refractivity contribution in [3.8, 4) is 0 Å². The number of ether oxygens (including phenoxy) is 1. The number of methoxy groups -OCH3 is 1. The Bertz CT molecular complexity index is 830. The molecule has 124 valence electrons. The zero-order chi connectivity index (χ0) is 16.9. The monoisotopic (exact) mass is 326 g/mol. The van der Waals surface area contributed by atoms with Gasteiger partial charge in [0.15, 0.2) is 0 Å². The number of nitrogens with one attached hydrogen (secondary N) is 1. The van der Waals surface area contributed by atoms with Crippen LogP contribution >= 0.6 is 0 Å². The fourth-order valence-corrected chi connectivity index (χ4v) is 2.65. The van der Waals surface area contributed by atoms with Gasteiger partial charge in [0, 0.05) is 31.1 Å². The number of aromatic nitrogens is 1. The van der Waals surface area contributed by atoms with E-state index in [1.165, 1.54) is 12.1 Å². The summed E-state index contributed by atoms with van der Waals surface area (Å²) in [5, 5.41) is 0.685. The molecule has 3 rings (SSSR count). The summed E-state index contributed by atoms with van der Waals surface area (Å²) in [6.45, 7) is 1.42. The number of benzene rings is 2. The van der Waals surface area contributed by atoms with Crippen LogP contribution in [0.2, 0.25) is 0 Å². The maximum Gasteiger partial charge on any atom is 0.270 e. The first-order chi connectivity index (χ1) is 11.7. The van der Waals surface area contributed by atoms with Crippen LogP contribution in [0, 0.1) is 5.82 Å². The topological polar surface area (TPSA) is 45.3 Å². The fourth-order valence-electron chi connectivity index (χ4n) is 2.65. The van der Waals surface area contributed by atoms with Crippen molar-refractivity contribution in [2.45, 2.75) is 6.54 Å². The van der Waals surface area contributed by atoms with E-state index in [4.69, 9.17) is 4.74 Å². The average molecular weight is 326 g/mol. The normalized spacial score (nSPS) is 10.9. The summed E-state index contributed by atoms with van der Waals surface area (Å²) in [5.41, 5.74) is 2.23. The van der Waals surface area contributed by atoms with Gasteiger partial charge >= 0.3 is 0 Å². The Hall–Kier alpha value is -2.66. The van der Waals surface area contributed by atoms with Crippen molar-refractivity contribution in [1.29, 1.82) is 0 Å². The number of halogens is 1. The average Bonchev–Trinajstić information content (AvgIpc) is 3.02. The Morgan fingerprint density at radius 2 is 1.96 bits per heavy atom. The lowest BCUT2D eigenvalue weighted by atomic mass is 10.2. The molecule has 0 atom stereocenters. The van der Waals surface area contributed by atoms with Gasteiger partial charge in [0.25, 0.3) is 5.91 Å². The van der Waals surface area contributed by atoms with Gasteiger partial charge in [-0.2, -0.15) is 0 Å². The van der Waals surface area contributed by atoms with Crippen molar-refractivity contribution in [3.63, 3.8) is 0 Å². The smallest absolute Gasteiger partial charge is 0.270 e. The number of fused-ring (bicyclic) bond motifs is 1. The first kappa shape index (κ1) is 16.2. The van der Waals surface area contributed by atoms with Gasteiger partial charge in [-0.15, -0.1) is 0 Å². The number of nitrogens with zero attached hydrogens (tertiary/aromatic N) is 1. The van der Waals surface area contributed by atoms with Gasteiger partial charge < -0.3 is 14.6 Å². The number of hydrogen-bond donors (Lipinski definition) is 1. The van der Waals surface area contributed by atoms with E-state index in [1.807, 2.05) is 30.3 Å². The van der Waals surface area contributed by atoms with Gasteiger partial charge in [-0.05, 0) is 29.8 Å². The van der Waals surface area contributed by atoms with Gasteiger partial charge in [0.2, 0.25) is 0 Å². The predicted molar refractivity (Wildman–Crippen MR) is 91.3 cm³/mol. The minimum Gasteiger partial charge on any atom is -0.383 e. The molecule has 0 radical (unpaired) electrons. The molecular weight excluding hydrogens is 307 g/mol. The van der Waals surface area contributed by atoms with Crippen LogP contribution < -0.4 is 0 Å². The second kappa shape index (κ2) is 7.27. The molecule has 0 aliphatic rings. The van der Waals surface area contributed by atoms with Crippen molar-refractivity contribution >= 4 is 16.8 Å². The summed E-state index contributed by atoms with van der Waals surface area (Å²) in [6.07, 6.45) is 0. The van der Waals surface area contributed by atoms with Crippen LogP contribution in [-0.4, -0.2) is 36.1 Å². The van der Waals surface area contributed by atoms with Gasteiger partial charge in [-0.3, -0.25) is 4.79 Å². The van der Waals surface area contributed by atoms with Crippen LogP contribution in [0.25, 0.3) is 10.9 Å². The van der Waals surface area contributed by atoms with E-state index in [0.717, 1.165) is 11.1 Å². The highest BCUT2D eigenvalue weighted by atomic mass is 19.1. The number of H-pyrrole nitrogens is 1. The van der Waals surface area contributed by atoms with E-state index < -0.39 is 0 Å². The van der Waals surface area contributed by atoms with Crippen molar-refractivity contribution in [1.82, 2.24) is 9.88 Å². The first-order valence-electron chi connectivity index (χ1n) is 7.78. The molecule has 0 bridgehead atoms. The first-order valence-corrected chi connectivity index (χ1v) is 7.78. The van der Waals surface area contributed by atoms with E-state index in [9.17, 15) is 9.18 Å². The zero-order valence-corrected chi connectivity index (χ0v) is 13.5. The molecule has 1 heterocycles. The third kappa shape index (κ3) is 3.63. The summed E-state index contributed by atoms with van der Waals surface area (Å²) < 4.78 is 18.5. The third-order valence-electron chi connectivity index (χ3n) is 3.88. The molecule has 2 aromatic carbocycles. The van der Waals surface area contributed by atoms with Crippen LogP contribution in [0.1, 0.15) is 16.1 Å². The van der Waals surface area contributed by atoms with Gasteiger partial charge in [0.1, 0.15) is 11.5 Å². The zero-order valence-electron chi connectivity index (χ0n) is 13.5. The van der Waals surface area contributed by atoms with Crippen molar-refractivity contribution in [2.24, 2.45) is 0 Å². The number of carbonyl (C=O) groups excluding carboxylic acids is 1. The Kier molecular flexibility index (Phi) is 4.91. The van der Waals surface area contributed by atoms with E-state index in [1.54, 1.807) is 24.1 Å². The number of carbonyl (C=O) groups is 1. The molecule has 0 saturated heterocycles. The highest BCUT2D eigenvalue weighted by Gasteiger charge is 2.18. The highest BCUT2D eigenvalue weighted by Crippen LogP contribution is 2.18. The molecule has 5 heteroatoms. The lowest BCUT2D eigenvalue weighted by Gasteiger charge is -2.22. The van der Waals surface area contributed by atoms with Crippen molar-refractivity contribution < 1.29 is 13.9 Å². The van der Waals surface area contributed by atoms with Crippen LogP contribution in [0.5, 0.6) is 0 Å². The molecular formula is C19H19FN2O2. The maximum atomic E-state index is 13.3. The number of amides is 1. The molecule has 3 aromatic rings. The van der Waals surface area contributed by atoms with Gasteiger partial charge in [0.05, 0.1) is 6.61 Å². The molecule has 0 unspecified atom stereocenters. The SMILES string of the molecule is COCCN(Cc1ccccc1)C(=O)c1cc2cc(F)ccc2[nH]1. The minimum atomic E-state index is -0.318. The summed E-state index contributed by atoms with van der Waals surface area (Å²) in [7, 11) is 1.61. The fraction of sp³-hybridized carbons (Fsp3) is 0.211. The Labute approximate surface area is 139 Å². The second-order valence-corrected chi connectivity index (χ2v) is 5.62. The molecule has 24 heavy (non-hydrogen) atoms. The Morgan fingerprint density at radius 3 is 2.71 bits per heavy atom. The summed E-state index contributed by atoms with van der Waals surface area (Å²) in [4.78, 5) is 17.6. The molecule has 0 spiro atoms. The Balaban J connectivity index is 1.85. The molecule has 0 saturated carbocycles. The van der Waals surface area contributed by atoms with Gasteiger partial charge in [-0.1, -0.05) is 30.3 Å². The Morgan fingerprint density at radius 1 is 1.17 bits per heavy atom. The minimum absolute atomic E-state index is 0.132. The standard InChI is InChI=1S/C19H19FN2O2/c1-24-10-9-22(13-14-5-3-2-4-6-14)19(23)18-12-15-11-16(20)7-8-17(15)21-18/h2-8,11-12,21H,9-10,13H2,1H3. The molecule has 0 aliphatic heterocycles. The summed E-state index contributed by atoms with van der Waals surface area (Å²) in [5.74, 6) is -0.450. The maximum absolute atomic E-state index is 13.3. The van der Waals surface area contributed by atoms with E-state index >= 15 is 0 Å². The van der Waals surface area contributed by atoms with Crippen LogP contribution in [0.4, 0.5) is 4.39 Å². The number of hydrogen-bond acceptors (Lipinski definition) is 2. The van der Waals surface area contributed by atoms with Gasteiger partial charge in [-0.25, -0.2) is 4.39 Å². The van der Waals surface area contributed by atoms with E-state index in [-0.39, 0.29) is 11.7 Å². The summed E-state index contributed by atoms with van der Waals surface area (Å²) >= 11 is 0. The predicted octanol–water partition coefficient (Wildman–Crippen LogP) is 3.60. The van der Waals surface area contributed by atoms with Crippen molar-refractivity contribution in [2.75, 3.05) is 20.3 Å². The largest absolute Gasteiger partial charge is 0.383 e. The van der Waals surface area contributed by atoms with E-state index in [2.05, 4.69) is 4.98 Å². The molecule has 1 amide bonds. The molecule has 0 fully saturated rings. The summed E-state index contributed by atoms with van der Waals surface area (Å²) in [6, 6.07) is 15.9. The van der Waals surface area contributed by atoms with Crippen LogP contribution in [0.15, 0.2) is 54.6 Å². The lowest BCUT2D eigenvalue weighted by molar-refractivity contribution is 0.0675. The lowest BCUT2D eigenvalue weighted by Crippen LogP contribution is -2.33. The molecule has 1 N–H and O–H groups in total. The third-order valence-corrected chi connectivity index (χ3v) is 3.88. The number of rotatable bonds is 6. The van der Waals surface area contributed by atoms with Crippen molar-refractivity contribution in [3.05, 3.63) is 71.7 Å². The highest BCUT2D eigenvalue weighted by molar-refractivity contribution is 5.98. The molecule has 0 aliphatic carbocycles. The molecule has 4 nitrogen and oxygen atoms in total. The molecule has 1 aromatic heterocycles. The second-order valence-electron chi connectivity index (χ2n) is 5.62. The number of aromatic amines is 1. The van der Waals surface area contributed by atoms with Crippen LogP contribution in [-0.2, 0) is 11.3 Å². The quantitative estimate of drug-likeness (QED) is 0.752. The van der Waals surface area contributed by atoms with Crippen LogP contribution in [0.3, 0.4) is 0 Å². The van der Waals surface area contributed by atoms with E-state index in [0.29, 0.717) is 30.8 Å².